The number of aliphatic hydroxyl groups is 1. The summed E-state index contributed by atoms with van der Waals surface area (Å²) in [7, 11) is 0. The van der Waals surface area contributed by atoms with E-state index in [2.05, 4.69) is 40.6 Å². The van der Waals surface area contributed by atoms with E-state index in [1.165, 1.54) is 0 Å². The van der Waals surface area contributed by atoms with Crippen molar-refractivity contribution in [1.29, 1.82) is 0 Å². The predicted molar refractivity (Wildman–Crippen MR) is 133 cm³/mol. The van der Waals surface area contributed by atoms with Gasteiger partial charge in [-0.15, -0.1) is 10.2 Å². The molecule has 40 heavy (non-hydrogen) atoms. The Balaban J connectivity index is 1.22. The number of hydrogen-bond donors (Lipinski definition) is 5. The van der Waals surface area contributed by atoms with Crippen LogP contribution < -0.4 is 16.9 Å². The van der Waals surface area contributed by atoms with Crippen LogP contribution in [0.3, 0.4) is 0 Å². The van der Waals surface area contributed by atoms with E-state index in [0.29, 0.717) is 0 Å². The molecule has 4 aromatic heterocycles. The average molecular weight is 601 g/mol. The second-order valence-corrected chi connectivity index (χ2v) is 11.7. The van der Waals surface area contributed by atoms with Gasteiger partial charge in [-0.05, 0) is 18.2 Å². The number of anilines is 1. The van der Waals surface area contributed by atoms with Crippen LogP contribution in [0.1, 0.15) is 18.9 Å². The molecular weight excluding hydrogens is 580 g/mol. The summed E-state index contributed by atoms with van der Waals surface area (Å²) in [6.07, 6.45) is -5.66. The molecular formula is C18H21FN11O8PS. The predicted octanol–water partition coefficient (Wildman–Crippen LogP) is -1.99. The van der Waals surface area contributed by atoms with Crippen molar-refractivity contribution in [3.05, 3.63) is 27.0 Å². The number of aromatic nitrogens is 10. The minimum atomic E-state index is -4.09. The Hall–Kier alpha value is -3.30. The lowest BCUT2D eigenvalue weighted by molar-refractivity contribution is -0.0706. The van der Waals surface area contributed by atoms with Crippen molar-refractivity contribution in [2.45, 2.75) is 37.3 Å². The van der Waals surface area contributed by atoms with Gasteiger partial charge in [0.25, 0.3) is 11.1 Å². The summed E-state index contributed by atoms with van der Waals surface area (Å²) in [5, 5.41) is 26.0. The van der Waals surface area contributed by atoms with E-state index >= 15 is 4.39 Å². The highest BCUT2D eigenvalue weighted by Crippen LogP contribution is 2.49. The Kier molecular flexibility index (Phi) is 6.91. The third kappa shape index (κ3) is 4.79. The molecule has 2 aliphatic heterocycles. The van der Waals surface area contributed by atoms with Crippen molar-refractivity contribution in [3.63, 3.8) is 0 Å². The molecule has 6 N–H and O–H groups in total. The number of nitrogens with two attached hydrogens (primary N) is 1. The highest BCUT2D eigenvalue weighted by atomic mass is 32.5. The van der Waals surface area contributed by atoms with Crippen molar-refractivity contribution in [1.82, 2.24) is 49.9 Å². The van der Waals surface area contributed by atoms with Crippen LogP contribution in [0.5, 0.6) is 0 Å². The molecule has 6 rings (SSSR count). The molecule has 0 bridgehead atoms. The van der Waals surface area contributed by atoms with Crippen LogP contribution >= 0.6 is 6.72 Å². The number of H-pyrrole nitrogens is 2. The van der Waals surface area contributed by atoms with Gasteiger partial charge in [0, 0.05) is 12.5 Å². The summed E-state index contributed by atoms with van der Waals surface area (Å²) in [6.45, 7) is -4.82. The summed E-state index contributed by atoms with van der Waals surface area (Å²) in [5.41, 5.74) is 3.97. The summed E-state index contributed by atoms with van der Waals surface area (Å²) in [6, 6.07) is 0. The summed E-state index contributed by atoms with van der Waals surface area (Å²) in [5.74, 6) is -1.04. The summed E-state index contributed by atoms with van der Waals surface area (Å²) >= 11 is 5.12. The monoisotopic (exact) mass is 601 g/mol. The van der Waals surface area contributed by atoms with Gasteiger partial charge in [-0.25, -0.2) is 9.37 Å². The van der Waals surface area contributed by atoms with E-state index in [0.717, 1.165) is 15.7 Å². The van der Waals surface area contributed by atoms with Crippen LogP contribution in [0.2, 0.25) is 0 Å². The van der Waals surface area contributed by atoms with Gasteiger partial charge in [-0.2, -0.15) is 14.3 Å². The fourth-order valence-electron chi connectivity index (χ4n) is 4.57. The first-order chi connectivity index (χ1) is 19.1. The molecule has 7 atom stereocenters. The number of fused-ring (bicyclic) bond motifs is 3. The maximum atomic E-state index is 15.7. The summed E-state index contributed by atoms with van der Waals surface area (Å²) in [4.78, 5) is 47.4. The lowest BCUT2D eigenvalue weighted by Crippen LogP contribution is -2.32. The van der Waals surface area contributed by atoms with Gasteiger partial charge in [-0.3, -0.25) is 19.1 Å². The fraction of sp³-hybridized carbons (Fsp3) is 0.556. The number of nitrogens with one attached hydrogen (secondary N) is 2. The van der Waals surface area contributed by atoms with Crippen LogP contribution in [-0.4, -0.2) is 98.1 Å². The first-order valence-electron chi connectivity index (χ1n) is 11.7. The third-order valence-corrected chi connectivity index (χ3v) is 8.05. The Morgan fingerprint density at radius 2 is 1.98 bits per heavy atom. The van der Waals surface area contributed by atoms with E-state index < -0.39 is 54.6 Å². The zero-order valence-electron chi connectivity index (χ0n) is 20.1. The molecule has 0 spiro atoms. The van der Waals surface area contributed by atoms with Crippen molar-refractivity contribution in [3.8, 4) is 0 Å². The molecule has 2 fully saturated rings. The topological polar surface area (TPSA) is 256 Å². The maximum Gasteiger partial charge on any atom is 0.325 e. The number of rotatable bonds is 3. The van der Waals surface area contributed by atoms with Crippen molar-refractivity contribution in [2.24, 2.45) is 5.92 Å². The molecule has 4 aromatic rings. The first kappa shape index (κ1) is 26.9. The van der Waals surface area contributed by atoms with Crippen LogP contribution in [0.4, 0.5) is 10.3 Å². The molecule has 19 nitrogen and oxygen atoms in total. The Morgan fingerprint density at radius 1 is 1.20 bits per heavy atom. The maximum absolute atomic E-state index is 15.7. The van der Waals surface area contributed by atoms with E-state index in [-0.39, 0.29) is 54.5 Å². The lowest BCUT2D eigenvalue weighted by Gasteiger charge is -2.27. The Morgan fingerprint density at radius 3 is 2.80 bits per heavy atom. The fourth-order valence-corrected chi connectivity index (χ4v) is 5.99. The van der Waals surface area contributed by atoms with Gasteiger partial charge in [0.15, 0.2) is 41.0 Å². The largest absolute Gasteiger partial charge is 0.379 e. The van der Waals surface area contributed by atoms with E-state index in [1.807, 2.05) is 0 Å². The van der Waals surface area contributed by atoms with Gasteiger partial charge in [0.05, 0.1) is 25.6 Å². The molecule has 0 aliphatic carbocycles. The van der Waals surface area contributed by atoms with E-state index in [4.69, 9.17) is 36.1 Å². The SMILES string of the molecule is Nc1nc2c(nnn2[C@H](O)[C@H]2COCC[C@H]3[C@H](F)[C@H](n4nnc5c(=O)[nH]cnc54)O[C@@H]3COP(O)(=S)O2)c(=O)[nH]1. The molecule has 6 heterocycles. The Labute approximate surface area is 225 Å². The van der Waals surface area contributed by atoms with Gasteiger partial charge in [0.2, 0.25) is 5.95 Å². The molecule has 0 saturated carbocycles. The molecule has 1 unspecified atom stereocenters. The normalized spacial score (nSPS) is 30.7. The van der Waals surface area contributed by atoms with E-state index in [1.54, 1.807) is 0 Å². The number of alkyl halides is 1. The number of nitrogens with zero attached hydrogens (tertiary/aromatic N) is 8. The van der Waals surface area contributed by atoms with Gasteiger partial charge in [0.1, 0.15) is 6.10 Å². The second kappa shape index (κ2) is 10.3. The zero-order valence-corrected chi connectivity index (χ0v) is 21.8. The highest BCUT2D eigenvalue weighted by molar-refractivity contribution is 8.07. The highest BCUT2D eigenvalue weighted by Gasteiger charge is 2.48. The van der Waals surface area contributed by atoms with Gasteiger partial charge in [-0.1, -0.05) is 10.4 Å². The number of aliphatic hydroxyl groups excluding tert-OH is 1. The van der Waals surface area contributed by atoms with Crippen molar-refractivity contribution < 1.29 is 32.9 Å². The first-order valence-corrected chi connectivity index (χ1v) is 14.3. The number of ether oxygens (including phenoxy) is 2. The van der Waals surface area contributed by atoms with Crippen molar-refractivity contribution >= 4 is 46.8 Å². The molecule has 2 aliphatic rings. The van der Waals surface area contributed by atoms with Gasteiger partial charge < -0.3 is 34.7 Å². The number of hydrogen-bond acceptors (Lipinski definition) is 15. The standard InChI is InChI=1S/C18H21FN11O8PS/c19-9-6-1-2-35-3-8(16(33)29-13-11(26-27-29)15(32)24-18(20)23-13)38-39(34,40)36-4-7(6)37-17(9)30-12-10(25-28-30)14(31)22-5-21-12/h5-9,16-17,33H,1-4H2,(H,34,40)(H,21,22,31)(H3,20,23,24,32)/t6-,7-,8-,9+,16-,17-,39?/m1/s1. The smallest absolute Gasteiger partial charge is 0.325 e. The van der Waals surface area contributed by atoms with Crippen LogP contribution in [0, 0.1) is 5.92 Å². The van der Waals surface area contributed by atoms with Crippen LogP contribution in [0.15, 0.2) is 15.9 Å². The Bertz CT molecular complexity index is 1730. The van der Waals surface area contributed by atoms with Crippen LogP contribution in [0.25, 0.3) is 22.3 Å². The molecule has 22 heteroatoms. The van der Waals surface area contributed by atoms with E-state index in [9.17, 15) is 19.6 Å². The molecule has 0 radical (unpaired) electrons. The summed E-state index contributed by atoms with van der Waals surface area (Å²) < 4.78 is 40.2. The molecule has 0 amide bonds. The van der Waals surface area contributed by atoms with Crippen molar-refractivity contribution in [2.75, 3.05) is 25.6 Å². The minimum absolute atomic E-state index is 0.0163. The quantitative estimate of drug-likeness (QED) is 0.159. The average Bonchev–Trinajstić information content (AvgIpc) is 3.60. The number of nitrogen functional groups attached to an aromatic ring is 1. The number of halogens is 1. The lowest BCUT2D eigenvalue weighted by atomic mass is 9.96. The molecule has 2 saturated heterocycles. The zero-order chi connectivity index (χ0) is 28.2. The third-order valence-electron chi connectivity index (χ3n) is 6.47. The van der Waals surface area contributed by atoms with Crippen LogP contribution in [-0.2, 0) is 30.3 Å². The van der Waals surface area contributed by atoms with Gasteiger partial charge >= 0.3 is 6.72 Å². The second-order valence-electron chi connectivity index (χ2n) is 8.95. The molecule has 0 aromatic carbocycles. The number of aromatic amines is 2. The molecule has 214 valence electrons. The minimum Gasteiger partial charge on any atom is -0.379 e.